The van der Waals surface area contributed by atoms with Gasteiger partial charge in [-0.2, -0.15) is 0 Å². The van der Waals surface area contributed by atoms with Crippen molar-refractivity contribution in [3.63, 3.8) is 0 Å². The first-order valence-electron chi connectivity index (χ1n) is 7.76. The third-order valence-electron chi connectivity index (χ3n) is 4.17. The van der Waals surface area contributed by atoms with Crippen LogP contribution in [0.4, 0.5) is 0 Å². The lowest BCUT2D eigenvalue weighted by Crippen LogP contribution is -2.49. The lowest BCUT2D eigenvalue weighted by atomic mass is 9.81. The summed E-state index contributed by atoms with van der Waals surface area (Å²) < 4.78 is 0. The number of unbranched alkanes of at least 4 members (excludes halogenated alkanes) is 2. The highest BCUT2D eigenvalue weighted by molar-refractivity contribution is 4.88. The van der Waals surface area contributed by atoms with E-state index < -0.39 is 0 Å². The number of hydrogen-bond acceptors (Lipinski definition) is 2. The Balaban J connectivity index is 2.26. The number of rotatable bonds is 8. The zero-order valence-corrected chi connectivity index (χ0v) is 12.1. The first kappa shape index (κ1) is 15.0. The molecule has 0 aromatic heterocycles. The molecular formula is C15H32N2. The SMILES string of the molecule is CCCCNC1CCCC(NCCCC)C1C. The van der Waals surface area contributed by atoms with Gasteiger partial charge in [0.1, 0.15) is 0 Å². The third kappa shape index (κ3) is 5.39. The minimum absolute atomic E-state index is 0.745. The van der Waals surface area contributed by atoms with Gasteiger partial charge in [0.25, 0.3) is 0 Å². The Morgan fingerprint density at radius 2 is 1.35 bits per heavy atom. The molecule has 2 N–H and O–H groups in total. The van der Waals surface area contributed by atoms with E-state index in [-0.39, 0.29) is 0 Å². The van der Waals surface area contributed by atoms with Crippen molar-refractivity contribution in [1.82, 2.24) is 10.6 Å². The molecule has 0 aliphatic heterocycles. The Hall–Kier alpha value is -0.0800. The second kappa shape index (κ2) is 8.93. The van der Waals surface area contributed by atoms with Gasteiger partial charge in [-0.3, -0.25) is 0 Å². The molecule has 0 spiro atoms. The molecule has 0 radical (unpaired) electrons. The van der Waals surface area contributed by atoms with Crippen molar-refractivity contribution >= 4 is 0 Å². The van der Waals surface area contributed by atoms with Crippen LogP contribution in [0.1, 0.15) is 65.7 Å². The summed E-state index contributed by atoms with van der Waals surface area (Å²) in [6.45, 7) is 9.36. The zero-order chi connectivity index (χ0) is 12.5. The van der Waals surface area contributed by atoms with Crippen LogP contribution in [0.5, 0.6) is 0 Å². The summed E-state index contributed by atoms with van der Waals surface area (Å²) in [7, 11) is 0. The summed E-state index contributed by atoms with van der Waals surface area (Å²) in [4.78, 5) is 0. The topological polar surface area (TPSA) is 24.1 Å². The van der Waals surface area contributed by atoms with Crippen molar-refractivity contribution < 1.29 is 0 Å². The van der Waals surface area contributed by atoms with Crippen molar-refractivity contribution in [2.45, 2.75) is 77.8 Å². The van der Waals surface area contributed by atoms with Crippen LogP contribution in [-0.4, -0.2) is 25.2 Å². The molecule has 0 saturated heterocycles. The first-order valence-corrected chi connectivity index (χ1v) is 7.76. The van der Waals surface area contributed by atoms with Crippen LogP contribution < -0.4 is 10.6 Å². The molecule has 1 rings (SSSR count). The smallest absolute Gasteiger partial charge is 0.0107 e. The van der Waals surface area contributed by atoms with Gasteiger partial charge in [-0.25, -0.2) is 0 Å². The molecule has 2 atom stereocenters. The minimum atomic E-state index is 0.745. The monoisotopic (exact) mass is 240 g/mol. The Bertz CT molecular complexity index is 164. The molecular weight excluding hydrogens is 208 g/mol. The molecule has 1 saturated carbocycles. The van der Waals surface area contributed by atoms with Gasteiger partial charge in [-0.1, -0.05) is 40.0 Å². The highest BCUT2D eigenvalue weighted by Crippen LogP contribution is 2.24. The number of hydrogen-bond donors (Lipinski definition) is 2. The lowest BCUT2D eigenvalue weighted by molar-refractivity contribution is 0.215. The molecule has 17 heavy (non-hydrogen) atoms. The Morgan fingerprint density at radius 3 is 1.76 bits per heavy atom. The fraction of sp³-hybridized carbons (Fsp3) is 1.00. The molecule has 0 aromatic carbocycles. The van der Waals surface area contributed by atoms with E-state index in [1.54, 1.807) is 0 Å². The molecule has 0 amide bonds. The zero-order valence-electron chi connectivity index (χ0n) is 12.1. The summed E-state index contributed by atoms with van der Waals surface area (Å²) in [5.41, 5.74) is 0. The van der Waals surface area contributed by atoms with Crippen LogP contribution in [-0.2, 0) is 0 Å². The molecule has 1 aliphatic rings. The summed E-state index contributed by atoms with van der Waals surface area (Å²) >= 11 is 0. The van der Waals surface area contributed by atoms with Crippen LogP contribution in [0.25, 0.3) is 0 Å². The van der Waals surface area contributed by atoms with E-state index in [1.807, 2.05) is 0 Å². The maximum atomic E-state index is 3.75. The van der Waals surface area contributed by atoms with Crippen molar-refractivity contribution in [2.75, 3.05) is 13.1 Å². The predicted octanol–water partition coefficient (Wildman–Crippen LogP) is 3.32. The van der Waals surface area contributed by atoms with Gasteiger partial charge in [-0.05, 0) is 44.7 Å². The Kier molecular flexibility index (Phi) is 7.87. The van der Waals surface area contributed by atoms with Crippen molar-refractivity contribution in [3.05, 3.63) is 0 Å². The van der Waals surface area contributed by atoms with Crippen molar-refractivity contribution in [1.29, 1.82) is 0 Å². The highest BCUT2D eigenvalue weighted by Gasteiger charge is 2.28. The van der Waals surface area contributed by atoms with E-state index in [4.69, 9.17) is 0 Å². The average Bonchev–Trinajstić information content (AvgIpc) is 2.34. The molecule has 0 aromatic rings. The Morgan fingerprint density at radius 1 is 0.882 bits per heavy atom. The predicted molar refractivity (Wildman–Crippen MR) is 76.4 cm³/mol. The molecule has 2 heteroatoms. The second-order valence-electron chi connectivity index (χ2n) is 5.62. The highest BCUT2D eigenvalue weighted by atomic mass is 15.0. The van der Waals surface area contributed by atoms with E-state index in [0.717, 1.165) is 18.0 Å². The normalized spacial score (nSPS) is 29.5. The van der Waals surface area contributed by atoms with Crippen LogP contribution >= 0.6 is 0 Å². The van der Waals surface area contributed by atoms with E-state index in [0.29, 0.717) is 0 Å². The van der Waals surface area contributed by atoms with Crippen molar-refractivity contribution in [3.8, 4) is 0 Å². The summed E-state index contributed by atoms with van der Waals surface area (Å²) in [6.07, 6.45) is 9.36. The molecule has 2 nitrogen and oxygen atoms in total. The molecule has 0 heterocycles. The van der Waals surface area contributed by atoms with Crippen LogP contribution in [0, 0.1) is 5.92 Å². The van der Waals surface area contributed by atoms with Gasteiger partial charge in [0.2, 0.25) is 0 Å². The Labute approximate surface area is 108 Å². The fourth-order valence-electron chi connectivity index (χ4n) is 2.87. The largest absolute Gasteiger partial charge is 0.314 e. The maximum absolute atomic E-state index is 3.75. The van der Waals surface area contributed by atoms with Gasteiger partial charge in [0.05, 0.1) is 0 Å². The summed E-state index contributed by atoms with van der Waals surface area (Å²) in [5.74, 6) is 0.789. The molecule has 0 bridgehead atoms. The lowest BCUT2D eigenvalue weighted by Gasteiger charge is -2.37. The van der Waals surface area contributed by atoms with Gasteiger partial charge >= 0.3 is 0 Å². The van der Waals surface area contributed by atoms with Crippen molar-refractivity contribution in [2.24, 2.45) is 5.92 Å². The molecule has 2 unspecified atom stereocenters. The maximum Gasteiger partial charge on any atom is 0.0107 e. The van der Waals surface area contributed by atoms with E-state index in [1.165, 1.54) is 58.0 Å². The van der Waals surface area contributed by atoms with E-state index in [2.05, 4.69) is 31.4 Å². The van der Waals surface area contributed by atoms with Gasteiger partial charge < -0.3 is 10.6 Å². The minimum Gasteiger partial charge on any atom is -0.314 e. The van der Waals surface area contributed by atoms with Crippen LogP contribution in [0.3, 0.4) is 0 Å². The molecule has 1 aliphatic carbocycles. The van der Waals surface area contributed by atoms with Gasteiger partial charge in [-0.15, -0.1) is 0 Å². The molecule has 102 valence electrons. The van der Waals surface area contributed by atoms with Crippen LogP contribution in [0.2, 0.25) is 0 Å². The standard InChI is InChI=1S/C15H32N2/c1-4-6-11-16-14-9-8-10-15(13(14)3)17-12-7-5-2/h13-17H,4-12H2,1-3H3. The quantitative estimate of drug-likeness (QED) is 0.636. The first-order chi connectivity index (χ1) is 8.29. The van der Waals surface area contributed by atoms with Gasteiger partial charge in [0.15, 0.2) is 0 Å². The van der Waals surface area contributed by atoms with Crippen LogP contribution in [0.15, 0.2) is 0 Å². The molecule has 1 fully saturated rings. The fourth-order valence-corrected chi connectivity index (χ4v) is 2.87. The second-order valence-corrected chi connectivity index (χ2v) is 5.62. The van der Waals surface area contributed by atoms with Gasteiger partial charge in [0, 0.05) is 12.1 Å². The number of nitrogens with one attached hydrogen (secondary N) is 2. The average molecular weight is 240 g/mol. The van der Waals surface area contributed by atoms with E-state index >= 15 is 0 Å². The van der Waals surface area contributed by atoms with E-state index in [9.17, 15) is 0 Å². The summed E-state index contributed by atoms with van der Waals surface area (Å²) in [6, 6.07) is 1.49. The summed E-state index contributed by atoms with van der Waals surface area (Å²) in [5, 5.41) is 7.51. The third-order valence-corrected chi connectivity index (χ3v) is 4.17.